The van der Waals surface area contributed by atoms with E-state index in [-0.39, 0.29) is 12.5 Å². The number of carboxylic acids is 1. The first kappa shape index (κ1) is 14.2. The zero-order chi connectivity index (χ0) is 13.8. The summed E-state index contributed by atoms with van der Waals surface area (Å²) in [4.78, 5) is 13.1. The highest BCUT2D eigenvalue weighted by molar-refractivity contribution is 9.10. The standard InChI is InChI=1S/C13H13BrN2O2S/c14-11-5-9(7-15)1-2-12(11)16-3-4-19-8-10(16)6-13(17)18/h1-2,5,10H,3-4,6,8H2,(H,17,18). The summed E-state index contributed by atoms with van der Waals surface area (Å²) in [5.74, 6) is 1.03. The first-order valence-corrected chi connectivity index (χ1v) is 7.82. The van der Waals surface area contributed by atoms with E-state index < -0.39 is 5.97 Å². The number of aliphatic carboxylic acids is 1. The van der Waals surface area contributed by atoms with Crippen molar-refractivity contribution in [2.75, 3.05) is 23.0 Å². The van der Waals surface area contributed by atoms with Gasteiger partial charge in [-0.25, -0.2) is 0 Å². The van der Waals surface area contributed by atoms with Crippen LogP contribution in [-0.2, 0) is 4.79 Å². The molecule has 1 aromatic carbocycles. The van der Waals surface area contributed by atoms with Crippen LogP contribution >= 0.6 is 27.7 Å². The fourth-order valence-corrected chi connectivity index (χ4v) is 3.82. The van der Waals surface area contributed by atoms with Gasteiger partial charge < -0.3 is 10.0 Å². The van der Waals surface area contributed by atoms with Crippen molar-refractivity contribution in [3.05, 3.63) is 28.2 Å². The number of nitriles is 1. The summed E-state index contributed by atoms with van der Waals surface area (Å²) < 4.78 is 0.842. The Labute approximate surface area is 124 Å². The molecule has 19 heavy (non-hydrogen) atoms. The summed E-state index contributed by atoms with van der Waals surface area (Å²) in [5, 5.41) is 17.9. The number of halogens is 1. The molecule has 1 unspecified atom stereocenters. The molecule has 1 atom stereocenters. The first-order valence-electron chi connectivity index (χ1n) is 5.87. The lowest BCUT2D eigenvalue weighted by Gasteiger charge is -2.37. The van der Waals surface area contributed by atoms with Gasteiger partial charge in [0, 0.05) is 28.6 Å². The topological polar surface area (TPSA) is 64.3 Å². The number of hydrogen-bond donors (Lipinski definition) is 1. The normalized spacial score (nSPS) is 18.9. The van der Waals surface area contributed by atoms with Crippen molar-refractivity contribution < 1.29 is 9.90 Å². The van der Waals surface area contributed by atoms with Crippen LogP contribution in [0.5, 0.6) is 0 Å². The molecule has 0 amide bonds. The second-order valence-electron chi connectivity index (χ2n) is 4.30. The molecule has 0 aliphatic carbocycles. The maximum Gasteiger partial charge on any atom is 0.305 e. The minimum absolute atomic E-state index is 0.000450. The molecule has 1 aliphatic heterocycles. The molecular formula is C13H13BrN2O2S. The van der Waals surface area contributed by atoms with Gasteiger partial charge in [-0.1, -0.05) is 0 Å². The predicted octanol–water partition coefficient (Wildman–Crippen LogP) is 2.72. The van der Waals surface area contributed by atoms with Crippen molar-refractivity contribution in [3.63, 3.8) is 0 Å². The van der Waals surface area contributed by atoms with E-state index in [0.29, 0.717) is 5.56 Å². The molecule has 0 saturated carbocycles. The predicted molar refractivity (Wildman–Crippen MR) is 79.6 cm³/mol. The SMILES string of the molecule is N#Cc1ccc(N2CCSCC2CC(=O)O)c(Br)c1. The molecule has 1 N–H and O–H groups in total. The second-order valence-corrected chi connectivity index (χ2v) is 6.30. The van der Waals surface area contributed by atoms with Crippen LogP contribution in [0.4, 0.5) is 5.69 Å². The molecule has 1 heterocycles. The molecule has 1 saturated heterocycles. The number of benzene rings is 1. The van der Waals surface area contributed by atoms with E-state index in [1.165, 1.54) is 0 Å². The zero-order valence-electron chi connectivity index (χ0n) is 10.2. The number of hydrogen-bond acceptors (Lipinski definition) is 4. The first-order chi connectivity index (χ1) is 9.11. The van der Waals surface area contributed by atoms with Gasteiger partial charge in [-0.05, 0) is 34.1 Å². The van der Waals surface area contributed by atoms with Gasteiger partial charge in [0.15, 0.2) is 0 Å². The summed E-state index contributed by atoms with van der Waals surface area (Å²) in [6.45, 7) is 0.827. The van der Waals surface area contributed by atoms with Gasteiger partial charge in [0.1, 0.15) is 0 Å². The van der Waals surface area contributed by atoms with Gasteiger partial charge in [-0.15, -0.1) is 0 Å². The highest BCUT2D eigenvalue weighted by atomic mass is 79.9. The van der Waals surface area contributed by atoms with Crippen molar-refractivity contribution in [1.29, 1.82) is 5.26 Å². The fraction of sp³-hybridized carbons (Fsp3) is 0.385. The summed E-state index contributed by atoms with van der Waals surface area (Å²) in [6, 6.07) is 7.51. The lowest BCUT2D eigenvalue weighted by molar-refractivity contribution is -0.137. The van der Waals surface area contributed by atoms with Crippen molar-refractivity contribution in [2.24, 2.45) is 0 Å². The van der Waals surface area contributed by atoms with Gasteiger partial charge in [-0.3, -0.25) is 4.79 Å². The summed E-state index contributed by atoms with van der Waals surface area (Å²) >= 11 is 5.25. The van der Waals surface area contributed by atoms with E-state index in [4.69, 9.17) is 10.4 Å². The molecular weight excluding hydrogens is 328 g/mol. The number of carboxylic acid groups (broad SMARTS) is 1. The summed E-state index contributed by atoms with van der Waals surface area (Å²) in [7, 11) is 0. The number of carbonyl (C=O) groups is 1. The van der Waals surface area contributed by atoms with Crippen LogP contribution in [0.25, 0.3) is 0 Å². The molecule has 0 radical (unpaired) electrons. The maximum absolute atomic E-state index is 10.9. The van der Waals surface area contributed by atoms with Crippen LogP contribution in [0.1, 0.15) is 12.0 Å². The molecule has 2 rings (SSSR count). The van der Waals surface area contributed by atoms with E-state index in [2.05, 4.69) is 26.9 Å². The van der Waals surface area contributed by atoms with Crippen LogP contribution in [0.2, 0.25) is 0 Å². The van der Waals surface area contributed by atoms with E-state index in [9.17, 15) is 4.79 Å². The maximum atomic E-state index is 10.9. The summed E-state index contributed by atoms with van der Waals surface area (Å²) in [6.07, 6.45) is 0.138. The average molecular weight is 341 g/mol. The van der Waals surface area contributed by atoms with Crippen molar-refractivity contribution >= 4 is 39.3 Å². The molecule has 0 bridgehead atoms. The Bertz CT molecular complexity index is 530. The van der Waals surface area contributed by atoms with Crippen LogP contribution in [0.15, 0.2) is 22.7 Å². The summed E-state index contributed by atoms with van der Waals surface area (Å²) in [5.41, 5.74) is 1.56. The Morgan fingerprint density at radius 1 is 1.63 bits per heavy atom. The molecule has 4 nitrogen and oxygen atoms in total. The van der Waals surface area contributed by atoms with E-state index in [1.807, 2.05) is 6.07 Å². The highest BCUT2D eigenvalue weighted by Crippen LogP contribution is 2.32. The van der Waals surface area contributed by atoms with Gasteiger partial charge in [-0.2, -0.15) is 17.0 Å². The smallest absolute Gasteiger partial charge is 0.305 e. The lowest BCUT2D eigenvalue weighted by atomic mass is 10.1. The fourth-order valence-electron chi connectivity index (χ4n) is 2.15. The van der Waals surface area contributed by atoms with Gasteiger partial charge in [0.25, 0.3) is 0 Å². The molecule has 1 aliphatic rings. The molecule has 1 aromatic rings. The molecule has 100 valence electrons. The third-order valence-corrected chi connectivity index (χ3v) is 4.75. The Balaban J connectivity index is 2.27. The Kier molecular flexibility index (Phi) is 4.72. The van der Waals surface area contributed by atoms with E-state index >= 15 is 0 Å². The Hall–Kier alpha value is -1.19. The largest absolute Gasteiger partial charge is 0.481 e. The van der Waals surface area contributed by atoms with Crippen molar-refractivity contribution in [2.45, 2.75) is 12.5 Å². The number of rotatable bonds is 3. The third-order valence-electron chi connectivity index (χ3n) is 3.02. The van der Waals surface area contributed by atoms with Gasteiger partial charge in [0.05, 0.1) is 23.7 Å². The zero-order valence-corrected chi connectivity index (χ0v) is 12.6. The van der Waals surface area contributed by atoms with E-state index in [1.54, 1.807) is 23.9 Å². The quantitative estimate of drug-likeness (QED) is 0.916. The van der Waals surface area contributed by atoms with Crippen LogP contribution in [-0.4, -0.2) is 35.2 Å². The Morgan fingerprint density at radius 2 is 2.42 bits per heavy atom. The van der Waals surface area contributed by atoms with Crippen molar-refractivity contribution in [3.8, 4) is 6.07 Å². The van der Waals surface area contributed by atoms with Gasteiger partial charge >= 0.3 is 5.97 Å². The molecule has 1 fully saturated rings. The number of thioether (sulfide) groups is 1. The number of anilines is 1. The van der Waals surface area contributed by atoms with Crippen molar-refractivity contribution in [1.82, 2.24) is 0 Å². The molecule has 6 heteroatoms. The average Bonchev–Trinajstić information content (AvgIpc) is 2.39. The second kappa shape index (κ2) is 6.31. The molecule has 0 spiro atoms. The minimum Gasteiger partial charge on any atom is -0.481 e. The van der Waals surface area contributed by atoms with Crippen LogP contribution in [0.3, 0.4) is 0 Å². The van der Waals surface area contributed by atoms with Gasteiger partial charge in [0.2, 0.25) is 0 Å². The van der Waals surface area contributed by atoms with E-state index in [0.717, 1.165) is 28.2 Å². The lowest BCUT2D eigenvalue weighted by Crippen LogP contribution is -2.43. The monoisotopic (exact) mass is 340 g/mol. The van der Waals surface area contributed by atoms with Crippen LogP contribution in [0, 0.1) is 11.3 Å². The minimum atomic E-state index is -0.776. The third kappa shape index (κ3) is 3.43. The highest BCUT2D eigenvalue weighted by Gasteiger charge is 2.26. The Morgan fingerprint density at radius 3 is 3.05 bits per heavy atom. The number of nitrogens with zero attached hydrogens (tertiary/aromatic N) is 2. The molecule has 0 aromatic heterocycles. The van der Waals surface area contributed by atoms with Crippen LogP contribution < -0.4 is 4.90 Å².